The summed E-state index contributed by atoms with van der Waals surface area (Å²) >= 11 is 0. The van der Waals surface area contributed by atoms with Gasteiger partial charge in [-0.1, -0.05) is 0 Å². The van der Waals surface area contributed by atoms with E-state index in [1.165, 1.54) is 12.8 Å². The van der Waals surface area contributed by atoms with Crippen molar-refractivity contribution in [2.75, 3.05) is 25.0 Å². The molecule has 0 amide bonds. The molecule has 29 heavy (non-hydrogen) atoms. The van der Waals surface area contributed by atoms with Crippen LogP contribution in [0.1, 0.15) is 26.7 Å². The van der Waals surface area contributed by atoms with Gasteiger partial charge in [-0.3, -0.25) is 14.8 Å². The lowest BCUT2D eigenvalue weighted by molar-refractivity contribution is 0.171. The molecule has 1 aliphatic heterocycles. The van der Waals surface area contributed by atoms with Crippen LogP contribution in [0.3, 0.4) is 0 Å². The minimum atomic E-state index is -0.239. The lowest BCUT2D eigenvalue weighted by Crippen LogP contribution is -2.45. The quantitative estimate of drug-likeness (QED) is 0.716. The number of pyridine rings is 1. The number of piperidine rings is 1. The van der Waals surface area contributed by atoms with Crippen molar-refractivity contribution in [2.24, 2.45) is 0 Å². The number of aromatic nitrogens is 3. The molecule has 0 spiro atoms. The molecule has 0 radical (unpaired) electrons. The SMILES string of the molecule is CC(C)N1CCC(N(C)c2ccc(Oc3nc4cnccc4c(=O)[nH]3)cc2)CC1. The molecule has 3 heterocycles. The third kappa shape index (κ3) is 4.24. The van der Waals surface area contributed by atoms with Crippen molar-refractivity contribution in [3.63, 3.8) is 0 Å². The van der Waals surface area contributed by atoms with Gasteiger partial charge in [0.25, 0.3) is 5.56 Å². The highest BCUT2D eigenvalue weighted by atomic mass is 16.5. The topological polar surface area (TPSA) is 74.3 Å². The van der Waals surface area contributed by atoms with Crippen LogP contribution in [0.2, 0.25) is 0 Å². The first-order valence-electron chi connectivity index (χ1n) is 10.1. The zero-order valence-corrected chi connectivity index (χ0v) is 17.1. The first kappa shape index (κ1) is 19.4. The van der Waals surface area contributed by atoms with Crippen molar-refractivity contribution in [1.29, 1.82) is 0 Å². The maximum absolute atomic E-state index is 12.2. The van der Waals surface area contributed by atoms with E-state index in [9.17, 15) is 4.79 Å². The van der Waals surface area contributed by atoms with Gasteiger partial charge in [-0.2, -0.15) is 4.98 Å². The summed E-state index contributed by atoms with van der Waals surface area (Å²) < 4.78 is 5.77. The number of rotatable bonds is 5. The highest BCUT2D eigenvalue weighted by molar-refractivity contribution is 5.76. The van der Waals surface area contributed by atoms with Crippen LogP contribution in [0.5, 0.6) is 11.8 Å². The molecule has 0 bridgehead atoms. The summed E-state index contributed by atoms with van der Waals surface area (Å²) in [5, 5.41) is 0.493. The van der Waals surface area contributed by atoms with Crippen molar-refractivity contribution in [3.05, 3.63) is 53.1 Å². The Morgan fingerprint density at radius 3 is 2.59 bits per heavy atom. The number of nitrogens with zero attached hydrogens (tertiary/aromatic N) is 4. The van der Waals surface area contributed by atoms with E-state index in [4.69, 9.17) is 4.74 Å². The van der Waals surface area contributed by atoms with E-state index in [0.29, 0.717) is 28.7 Å². The molecule has 0 aliphatic carbocycles. The van der Waals surface area contributed by atoms with Crippen LogP contribution >= 0.6 is 0 Å². The van der Waals surface area contributed by atoms with E-state index < -0.39 is 0 Å². The lowest BCUT2D eigenvalue weighted by Gasteiger charge is -2.39. The van der Waals surface area contributed by atoms with Crippen LogP contribution in [0, 0.1) is 0 Å². The van der Waals surface area contributed by atoms with Crippen LogP contribution in [0.4, 0.5) is 5.69 Å². The Hall–Kier alpha value is -2.93. The maximum atomic E-state index is 12.2. The van der Waals surface area contributed by atoms with Gasteiger partial charge < -0.3 is 14.5 Å². The molecule has 7 nitrogen and oxygen atoms in total. The lowest BCUT2D eigenvalue weighted by atomic mass is 10.0. The summed E-state index contributed by atoms with van der Waals surface area (Å²) in [5.41, 5.74) is 1.43. The van der Waals surface area contributed by atoms with Crippen LogP contribution in [-0.2, 0) is 0 Å². The molecular formula is C22H27N5O2. The Morgan fingerprint density at radius 2 is 1.90 bits per heavy atom. The second-order valence-corrected chi connectivity index (χ2v) is 7.83. The molecule has 1 N–H and O–H groups in total. The smallest absolute Gasteiger partial charge is 0.302 e. The fraction of sp³-hybridized carbons (Fsp3) is 0.409. The zero-order chi connectivity index (χ0) is 20.4. The normalized spacial score (nSPS) is 15.7. The van der Waals surface area contributed by atoms with Crippen LogP contribution in [-0.4, -0.2) is 52.1 Å². The van der Waals surface area contributed by atoms with Gasteiger partial charge in [0.05, 0.1) is 17.1 Å². The summed E-state index contributed by atoms with van der Waals surface area (Å²) in [6, 6.07) is 10.9. The van der Waals surface area contributed by atoms with Gasteiger partial charge >= 0.3 is 6.01 Å². The Morgan fingerprint density at radius 1 is 1.17 bits per heavy atom. The zero-order valence-electron chi connectivity index (χ0n) is 17.1. The van der Waals surface area contributed by atoms with Gasteiger partial charge in [-0.05, 0) is 57.0 Å². The summed E-state index contributed by atoms with van der Waals surface area (Å²) in [7, 11) is 2.15. The van der Waals surface area contributed by atoms with E-state index in [1.807, 2.05) is 24.3 Å². The Labute approximate surface area is 170 Å². The number of anilines is 1. The number of nitrogens with one attached hydrogen (secondary N) is 1. The second kappa shape index (κ2) is 8.21. The highest BCUT2D eigenvalue weighted by Gasteiger charge is 2.23. The minimum Gasteiger partial charge on any atom is -0.426 e. The fourth-order valence-electron chi connectivity index (χ4n) is 3.88. The molecule has 2 aromatic heterocycles. The molecule has 1 aromatic carbocycles. The van der Waals surface area contributed by atoms with E-state index in [-0.39, 0.29) is 11.6 Å². The number of aromatic amines is 1. The molecular weight excluding hydrogens is 366 g/mol. The first-order valence-corrected chi connectivity index (χ1v) is 10.1. The summed E-state index contributed by atoms with van der Waals surface area (Å²) in [6.45, 7) is 6.81. The van der Waals surface area contributed by atoms with Gasteiger partial charge in [0, 0.05) is 44.1 Å². The first-order chi connectivity index (χ1) is 14.0. The van der Waals surface area contributed by atoms with E-state index in [2.05, 4.69) is 45.6 Å². The van der Waals surface area contributed by atoms with Gasteiger partial charge in [0.1, 0.15) is 5.75 Å². The number of likely N-dealkylation sites (tertiary alicyclic amines) is 1. The van der Waals surface area contributed by atoms with Crippen molar-refractivity contribution in [1.82, 2.24) is 19.9 Å². The predicted molar refractivity (Wildman–Crippen MR) is 115 cm³/mol. The number of hydrogen-bond acceptors (Lipinski definition) is 6. The number of ether oxygens (including phenoxy) is 1. The number of hydrogen-bond donors (Lipinski definition) is 1. The van der Waals surface area contributed by atoms with Gasteiger partial charge in [-0.25, -0.2) is 0 Å². The summed E-state index contributed by atoms with van der Waals surface area (Å²) in [5.74, 6) is 0.628. The summed E-state index contributed by atoms with van der Waals surface area (Å²) in [6.07, 6.45) is 5.47. The predicted octanol–water partition coefficient (Wildman–Crippen LogP) is 3.42. The third-order valence-electron chi connectivity index (χ3n) is 5.72. The van der Waals surface area contributed by atoms with E-state index in [0.717, 1.165) is 18.8 Å². The molecule has 1 aliphatic rings. The number of fused-ring (bicyclic) bond motifs is 1. The van der Waals surface area contributed by atoms with Crippen molar-refractivity contribution in [3.8, 4) is 11.8 Å². The maximum Gasteiger partial charge on any atom is 0.302 e. The fourth-order valence-corrected chi connectivity index (χ4v) is 3.88. The largest absolute Gasteiger partial charge is 0.426 e. The van der Waals surface area contributed by atoms with Gasteiger partial charge in [0.2, 0.25) is 0 Å². The number of benzene rings is 1. The van der Waals surface area contributed by atoms with Gasteiger partial charge in [-0.15, -0.1) is 0 Å². The molecule has 1 fully saturated rings. The van der Waals surface area contributed by atoms with Crippen molar-refractivity contribution >= 4 is 16.6 Å². The van der Waals surface area contributed by atoms with E-state index in [1.54, 1.807) is 18.5 Å². The van der Waals surface area contributed by atoms with Crippen LogP contribution in [0.15, 0.2) is 47.5 Å². The molecule has 0 unspecified atom stereocenters. The molecule has 152 valence electrons. The average Bonchev–Trinajstić information content (AvgIpc) is 2.74. The van der Waals surface area contributed by atoms with Crippen molar-refractivity contribution in [2.45, 2.75) is 38.8 Å². The Kier molecular flexibility index (Phi) is 5.49. The molecule has 7 heteroatoms. The van der Waals surface area contributed by atoms with Gasteiger partial charge in [0.15, 0.2) is 0 Å². The number of H-pyrrole nitrogens is 1. The Balaban J connectivity index is 1.44. The van der Waals surface area contributed by atoms with Crippen LogP contribution in [0.25, 0.3) is 10.9 Å². The second-order valence-electron chi connectivity index (χ2n) is 7.83. The molecule has 0 atom stereocenters. The molecule has 4 rings (SSSR count). The summed E-state index contributed by atoms with van der Waals surface area (Å²) in [4.78, 5) is 28.1. The average molecular weight is 393 g/mol. The van der Waals surface area contributed by atoms with Crippen molar-refractivity contribution < 1.29 is 4.74 Å². The van der Waals surface area contributed by atoms with E-state index >= 15 is 0 Å². The molecule has 0 saturated carbocycles. The molecule has 3 aromatic rings. The third-order valence-corrected chi connectivity index (χ3v) is 5.72. The minimum absolute atomic E-state index is 0.165. The standard InChI is InChI=1S/C22H27N5O2/c1-15(2)27-12-9-17(10-13-27)26(3)16-4-6-18(7-5-16)29-22-24-20-14-23-11-8-19(20)21(28)25-22/h4-8,11,14-15,17H,9-10,12-13H2,1-3H3,(H,24,25,28). The highest BCUT2D eigenvalue weighted by Crippen LogP contribution is 2.26. The van der Waals surface area contributed by atoms with Crippen LogP contribution < -0.4 is 15.2 Å². The Bertz CT molecular complexity index is 1020. The monoisotopic (exact) mass is 393 g/mol. The molecule has 1 saturated heterocycles.